The number of hydrogen-bond donors (Lipinski definition) is 0. The molecule has 3 rings (SSSR count). The lowest BCUT2D eigenvalue weighted by atomic mass is 9.91. The van der Waals surface area contributed by atoms with Gasteiger partial charge in [-0.25, -0.2) is 4.98 Å². The zero-order valence-corrected chi connectivity index (χ0v) is 14.5. The molecule has 3 heterocycles. The normalized spacial score (nSPS) is 24.8. The molecule has 7 nitrogen and oxygen atoms in total. The fourth-order valence-electron chi connectivity index (χ4n) is 3.48. The highest BCUT2D eigenvalue weighted by molar-refractivity contribution is 5.79. The van der Waals surface area contributed by atoms with Crippen molar-refractivity contribution in [3.05, 3.63) is 12.3 Å². The van der Waals surface area contributed by atoms with Crippen LogP contribution < -0.4 is 9.64 Å². The summed E-state index contributed by atoms with van der Waals surface area (Å²) in [4.78, 5) is 25.6. The molecule has 2 fully saturated rings. The van der Waals surface area contributed by atoms with E-state index in [-0.39, 0.29) is 17.9 Å². The van der Waals surface area contributed by atoms with Gasteiger partial charge in [-0.05, 0) is 19.3 Å². The van der Waals surface area contributed by atoms with Crippen molar-refractivity contribution in [2.75, 3.05) is 44.8 Å². The van der Waals surface area contributed by atoms with Gasteiger partial charge in [-0.1, -0.05) is 6.92 Å². The van der Waals surface area contributed by atoms with E-state index in [0.29, 0.717) is 24.9 Å². The molecule has 0 bridgehead atoms. The molecule has 0 aromatic carbocycles. The van der Waals surface area contributed by atoms with E-state index in [1.54, 1.807) is 19.4 Å². The van der Waals surface area contributed by atoms with E-state index >= 15 is 0 Å². The summed E-state index contributed by atoms with van der Waals surface area (Å²) in [5, 5.41) is 0. The Bertz CT molecular complexity index is 561. The molecule has 2 aliphatic heterocycles. The molecule has 2 saturated heterocycles. The first-order valence-corrected chi connectivity index (χ1v) is 8.75. The highest BCUT2D eigenvalue weighted by Gasteiger charge is 2.35. The molecule has 0 saturated carbocycles. The van der Waals surface area contributed by atoms with Crippen LogP contribution in [0, 0.1) is 5.92 Å². The highest BCUT2D eigenvalue weighted by atomic mass is 16.5. The molecular formula is C17H26N4O3. The maximum Gasteiger partial charge on any atom is 0.228 e. The summed E-state index contributed by atoms with van der Waals surface area (Å²) in [5.74, 6) is 1.48. The average molecular weight is 334 g/mol. The number of piperazine rings is 1. The molecule has 0 N–H and O–H groups in total. The van der Waals surface area contributed by atoms with Gasteiger partial charge in [-0.15, -0.1) is 0 Å². The van der Waals surface area contributed by atoms with E-state index < -0.39 is 0 Å². The fraction of sp³-hybridized carbons (Fsp3) is 0.706. The number of amides is 1. The zero-order chi connectivity index (χ0) is 16.9. The third-order valence-corrected chi connectivity index (χ3v) is 4.86. The minimum absolute atomic E-state index is 0.0170. The number of hydrogen-bond acceptors (Lipinski definition) is 6. The molecule has 1 aromatic rings. The lowest BCUT2D eigenvalue weighted by molar-refractivity contribution is -0.145. The quantitative estimate of drug-likeness (QED) is 0.828. The van der Waals surface area contributed by atoms with Crippen molar-refractivity contribution in [3.63, 3.8) is 0 Å². The number of anilines is 1. The maximum absolute atomic E-state index is 12.8. The summed E-state index contributed by atoms with van der Waals surface area (Å²) in [6.45, 7) is 5.75. The monoisotopic (exact) mass is 334 g/mol. The predicted molar refractivity (Wildman–Crippen MR) is 90.1 cm³/mol. The van der Waals surface area contributed by atoms with Crippen molar-refractivity contribution >= 4 is 11.9 Å². The summed E-state index contributed by atoms with van der Waals surface area (Å²) >= 11 is 0. The first-order chi connectivity index (χ1) is 11.7. The van der Waals surface area contributed by atoms with Gasteiger partial charge in [0.25, 0.3) is 0 Å². The summed E-state index contributed by atoms with van der Waals surface area (Å²) in [7, 11) is 1.60. The Morgan fingerprint density at radius 2 is 2.17 bits per heavy atom. The van der Waals surface area contributed by atoms with Crippen LogP contribution in [0.25, 0.3) is 0 Å². The Hall–Kier alpha value is -1.89. The molecule has 132 valence electrons. The maximum atomic E-state index is 12.8. The Morgan fingerprint density at radius 1 is 1.38 bits per heavy atom. The molecule has 0 aliphatic carbocycles. The first kappa shape index (κ1) is 17.0. The van der Waals surface area contributed by atoms with Crippen molar-refractivity contribution in [2.45, 2.75) is 32.3 Å². The largest absolute Gasteiger partial charge is 0.481 e. The Labute approximate surface area is 143 Å². The number of carbonyl (C=O) groups is 1. The van der Waals surface area contributed by atoms with Gasteiger partial charge in [0.2, 0.25) is 17.7 Å². The number of nitrogens with zero attached hydrogens (tertiary/aromatic N) is 4. The number of methoxy groups -OCH3 is 1. The molecule has 7 heteroatoms. The molecule has 1 aromatic heterocycles. The third-order valence-electron chi connectivity index (χ3n) is 4.86. The van der Waals surface area contributed by atoms with Crippen LogP contribution in [0.2, 0.25) is 0 Å². The van der Waals surface area contributed by atoms with Gasteiger partial charge in [0, 0.05) is 45.0 Å². The van der Waals surface area contributed by atoms with E-state index in [1.807, 2.05) is 4.90 Å². The molecule has 0 spiro atoms. The van der Waals surface area contributed by atoms with E-state index in [9.17, 15) is 4.79 Å². The number of carbonyl (C=O) groups excluding carboxylic acids is 1. The number of rotatable bonds is 4. The molecule has 2 atom stereocenters. The van der Waals surface area contributed by atoms with Crippen molar-refractivity contribution in [3.8, 4) is 5.88 Å². The second-order valence-electron chi connectivity index (χ2n) is 6.28. The molecule has 2 aliphatic rings. The van der Waals surface area contributed by atoms with Gasteiger partial charge in [0.1, 0.15) is 0 Å². The standard InChI is InChI=1S/C17H26N4O3/c1-3-14-13(5-4-12-24-14)16(22)20-8-10-21(11-9-20)17-18-7-6-15(19-17)23-2/h6-7,13-14H,3-5,8-12H2,1-2H3/t13-,14-/m0/s1. The van der Waals surface area contributed by atoms with E-state index in [2.05, 4.69) is 21.8 Å². The molecule has 24 heavy (non-hydrogen) atoms. The molecule has 0 unspecified atom stereocenters. The van der Waals surface area contributed by atoms with Crippen LogP contribution in [0.15, 0.2) is 12.3 Å². The number of ether oxygens (including phenoxy) is 2. The van der Waals surface area contributed by atoms with Gasteiger partial charge >= 0.3 is 0 Å². The average Bonchev–Trinajstić information content (AvgIpc) is 2.67. The predicted octanol–water partition coefficient (Wildman–Crippen LogP) is 1.34. The SMILES string of the molecule is CC[C@@H]1OCCC[C@@H]1C(=O)N1CCN(c2nccc(OC)n2)CC1. The Kier molecular flexibility index (Phi) is 5.50. The second kappa shape index (κ2) is 7.79. The third kappa shape index (κ3) is 3.61. The smallest absolute Gasteiger partial charge is 0.228 e. The van der Waals surface area contributed by atoms with E-state index in [4.69, 9.17) is 9.47 Å². The summed E-state index contributed by atoms with van der Waals surface area (Å²) in [6, 6.07) is 1.73. The van der Waals surface area contributed by atoms with Gasteiger partial charge in [-0.2, -0.15) is 4.98 Å². The fourth-order valence-corrected chi connectivity index (χ4v) is 3.48. The lowest BCUT2D eigenvalue weighted by Crippen LogP contribution is -2.53. The van der Waals surface area contributed by atoms with Crippen molar-refractivity contribution < 1.29 is 14.3 Å². The first-order valence-electron chi connectivity index (χ1n) is 8.75. The van der Waals surface area contributed by atoms with Crippen LogP contribution in [0.1, 0.15) is 26.2 Å². The summed E-state index contributed by atoms with van der Waals surface area (Å²) in [5.41, 5.74) is 0. The minimum Gasteiger partial charge on any atom is -0.481 e. The van der Waals surface area contributed by atoms with Crippen LogP contribution in [0.3, 0.4) is 0 Å². The molecule has 1 amide bonds. The molecule has 0 radical (unpaired) electrons. The summed E-state index contributed by atoms with van der Waals surface area (Å²) < 4.78 is 10.9. The van der Waals surface area contributed by atoms with E-state index in [1.165, 1.54) is 0 Å². The van der Waals surface area contributed by atoms with Crippen LogP contribution in [0.5, 0.6) is 5.88 Å². The van der Waals surface area contributed by atoms with Crippen LogP contribution >= 0.6 is 0 Å². The molecular weight excluding hydrogens is 308 g/mol. The van der Waals surface area contributed by atoms with Crippen LogP contribution in [-0.2, 0) is 9.53 Å². The van der Waals surface area contributed by atoms with Crippen molar-refractivity contribution in [2.24, 2.45) is 5.92 Å². The minimum atomic E-state index is 0.0170. The van der Waals surface area contributed by atoms with Gasteiger partial charge in [-0.3, -0.25) is 4.79 Å². The zero-order valence-electron chi connectivity index (χ0n) is 14.5. The van der Waals surface area contributed by atoms with Gasteiger partial charge in [0.05, 0.1) is 19.1 Å². The van der Waals surface area contributed by atoms with Crippen LogP contribution in [-0.4, -0.2) is 66.8 Å². The lowest BCUT2D eigenvalue weighted by Gasteiger charge is -2.39. The summed E-state index contributed by atoms with van der Waals surface area (Å²) in [6.07, 6.45) is 4.59. The van der Waals surface area contributed by atoms with Gasteiger partial charge < -0.3 is 19.3 Å². The number of aromatic nitrogens is 2. The highest BCUT2D eigenvalue weighted by Crippen LogP contribution is 2.26. The van der Waals surface area contributed by atoms with Crippen LogP contribution in [0.4, 0.5) is 5.95 Å². The van der Waals surface area contributed by atoms with Gasteiger partial charge in [0.15, 0.2) is 0 Å². The van der Waals surface area contributed by atoms with E-state index in [0.717, 1.165) is 39.0 Å². The topological polar surface area (TPSA) is 67.8 Å². The Morgan fingerprint density at radius 3 is 2.88 bits per heavy atom. The van der Waals surface area contributed by atoms with Crippen molar-refractivity contribution in [1.82, 2.24) is 14.9 Å². The Balaban J connectivity index is 1.59. The van der Waals surface area contributed by atoms with Crippen molar-refractivity contribution in [1.29, 1.82) is 0 Å². The second-order valence-corrected chi connectivity index (χ2v) is 6.28.